The third kappa shape index (κ3) is 2.97. The van der Waals surface area contributed by atoms with E-state index in [9.17, 15) is 14.9 Å². The molecule has 0 aliphatic rings. The SMILES string of the molecule is CC(=O)c1ccc(Oc2ccc(C)cc2[N+](=O)[O-])nc1. The number of rotatable bonds is 4. The topological polar surface area (TPSA) is 82.3 Å². The summed E-state index contributed by atoms with van der Waals surface area (Å²) in [5.41, 5.74) is 1.10. The number of carbonyl (C=O) groups excluding carboxylic acids is 1. The van der Waals surface area contributed by atoms with Crippen LogP contribution in [0.3, 0.4) is 0 Å². The Morgan fingerprint density at radius 3 is 2.60 bits per heavy atom. The predicted molar refractivity (Wildman–Crippen MR) is 72.1 cm³/mol. The Kier molecular flexibility index (Phi) is 3.74. The van der Waals surface area contributed by atoms with Crippen LogP contribution in [0.5, 0.6) is 11.6 Å². The van der Waals surface area contributed by atoms with E-state index < -0.39 is 4.92 Å². The smallest absolute Gasteiger partial charge is 0.311 e. The number of aryl methyl sites for hydroxylation is 1. The summed E-state index contributed by atoms with van der Waals surface area (Å²) in [4.78, 5) is 25.5. The molecule has 20 heavy (non-hydrogen) atoms. The molecule has 2 aromatic rings. The van der Waals surface area contributed by atoms with Crippen LogP contribution < -0.4 is 4.74 Å². The lowest BCUT2D eigenvalue weighted by Gasteiger charge is -2.06. The molecule has 0 radical (unpaired) electrons. The van der Waals surface area contributed by atoms with Gasteiger partial charge < -0.3 is 4.74 Å². The van der Waals surface area contributed by atoms with Crippen LogP contribution in [-0.4, -0.2) is 15.7 Å². The van der Waals surface area contributed by atoms with Crippen molar-refractivity contribution in [2.24, 2.45) is 0 Å². The zero-order valence-electron chi connectivity index (χ0n) is 11.0. The van der Waals surface area contributed by atoms with Crippen LogP contribution in [0.4, 0.5) is 5.69 Å². The molecule has 0 unspecified atom stereocenters. The number of ketones is 1. The van der Waals surface area contributed by atoms with Crippen LogP contribution >= 0.6 is 0 Å². The second-order valence-corrected chi connectivity index (χ2v) is 4.27. The van der Waals surface area contributed by atoms with Crippen molar-refractivity contribution in [3.8, 4) is 11.6 Å². The van der Waals surface area contributed by atoms with Crippen molar-refractivity contribution < 1.29 is 14.5 Å². The summed E-state index contributed by atoms with van der Waals surface area (Å²) in [6.07, 6.45) is 1.37. The standard InChI is InChI=1S/C14H12N2O4/c1-9-3-5-13(12(7-9)16(18)19)20-14-6-4-11(8-15-14)10(2)17/h3-8H,1-2H3. The van der Waals surface area contributed by atoms with Gasteiger partial charge in [-0.05, 0) is 31.5 Å². The van der Waals surface area contributed by atoms with Gasteiger partial charge in [0.25, 0.3) is 0 Å². The van der Waals surface area contributed by atoms with Gasteiger partial charge in [0.2, 0.25) is 11.6 Å². The largest absolute Gasteiger partial charge is 0.432 e. The van der Waals surface area contributed by atoms with E-state index in [0.717, 1.165) is 5.56 Å². The monoisotopic (exact) mass is 272 g/mol. The number of pyridine rings is 1. The van der Waals surface area contributed by atoms with E-state index in [0.29, 0.717) is 5.56 Å². The number of nitro benzene ring substituents is 1. The maximum Gasteiger partial charge on any atom is 0.311 e. The predicted octanol–water partition coefficient (Wildman–Crippen LogP) is 3.29. The number of Topliss-reactive ketones (excluding diaryl/α,β-unsaturated/α-hetero) is 1. The van der Waals surface area contributed by atoms with Gasteiger partial charge in [-0.15, -0.1) is 0 Å². The molecule has 0 spiro atoms. The number of ether oxygens (including phenoxy) is 1. The summed E-state index contributed by atoms with van der Waals surface area (Å²) in [7, 11) is 0. The molecule has 102 valence electrons. The first-order valence-corrected chi connectivity index (χ1v) is 5.87. The van der Waals surface area contributed by atoms with Crippen molar-refractivity contribution in [3.05, 3.63) is 57.8 Å². The summed E-state index contributed by atoms with van der Waals surface area (Å²) < 4.78 is 5.40. The van der Waals surface area contributed by atoms with Crippen LogP contribution in [0.15, 0.2) is 36.5 Å². The number of nitrogens with zero attached hydrogens (tertiary/aromatic N) is 2. The van der Waals surface area contributed by atoms with E-state index in [1.807, 2.05) is 0 Å². The zero-order valence-corrected chi connectivity index (χ0v) is 11.0. The number of hydrogen-bond acceptors (Lipinski definition) is 5. The molecule has 6 heteroatoms. The fourth-order valence-electron chi connectivity index (χ4n) is 1.62. The average Bonchev–Trinajstić information content (AvgIpc) is 2.41. The van der Waals surface area contributed by atoms with Gasteiger partial charge in [-0.2, -0.15) is 0 Å². The van der Waals surface area contributed by atoms with Crippen LogP contribution in [0, 0.1) is 17.0 Å². The number of nitro groups is 1. The molecule has 0 fully saturated rings. The second kappa shape index (κ2) is 5.48. The maximum atomic E-state index is 11.1. The van der Waals surface area contributed by atoms with E-state index in [1.54, 1.807) is 19.1 Å². The molecule has 6 nitrogen and oxygen atoms in total. The first-order valence-electron chi connectivity index (χ1n) is 5.87. The van der Waals surface area contributed by atoms with E-state index in [4.69, 9.17) is 4.74 Å². The van der Waals surface area contributed by atoms with Crippen LogP contribution in [0.2, 0.25) is 0 Å². The Balaban J connectivity index is 2.30. The Labute approximate surface area is 115 Å². The highest BCUT2D eigenvalue weighted by molar-refractivity contribution is 5.93. The molecule has 0 atom stereocenters. The summed E-state index contributed by atoms with van der Waals surface area (Å²) in [5.74, 6) is 0.205. The lowest BCUT2D eigenvalue weighted by molar-refractivity contribution is -0.385. The minimum absolute atomic E-state index is 0.106. The highest BCUT2D eigenvalue weighted by atomic mass is 16.6. The molecule has 1 heterocycles. The first kappa shape index (κ1) is 13.7. The Morgan fingerprint density at radius 1 is 1.30 bits per heavy atom. The summed E-state index contributed by atoms with van der Waals surface area (Å²) in [5, 5.41) is 11.0. The maximum absolute atomic E-state index is 11.1. The third-order valence-corrected chi connectivity index (χ3v) is 2.67. The van der Waals surface area contributed by atoms with Gasteiger partial charge in [0.1, 0.15) is 0 Å². The minimum atomic E-state index is -0.508. The summed E-state index contributed by atoms with van der Waals surface area (Å²) >= 11 is 0. The molecular formula is C14H12N2O4. The molecule has 0 aliphatic carbocycles. The molecule has 0 bridgehead atoms. The van der Waals surface area contributed by atoms with Gasteiger partial charge in [-0.3, -0.25) is 14.9 Å². The van der Waals surface area contributed by atoms with Crippen molar-refractivity contribution in [1.82, 2.24) is 4.98 Å². The number of benzene rings is 1. The summed E-state index contributed by atoms with van der Waals surface area (Å²) in [6.45, 7) is 3.19. The van der Waals surface area contributed by atoms with Gasteiger partial charge in [-0.1, -0.05) is 6.07 Å². The van der Waals surface area contributed by atoms with Crippen molar-refractivity contribution in [1.29, 1.82) is 0 Å². The van der Waals surface area contributed by atoms with Crippen LogP contribution in [0.25, 0.3) is 0 Å². The van der Waals surface area contributed by atoms with E-state index in [1.165, 1.54) is 31.3 Å². The van der Waals surface area contributed by atoms with Crippen LogP contribution in [-0.2, 0) is 0 Å². The lowest BCUT2D eigenvalue weighted by atomic mass is 10.2. The molecule has 1 aromatic carbocycles. The van der Waals surface area contributed by atoms with Gasteiger partial charge in [0.15, 0.2) is 5.78 Å². The Hall–Kier alpha value is -2.76. The molecular weight excluding hydrogens is 260 g/mol. The van der Waals surface area contributed by atoms with E-state index in [2.05, 4.69) is 4.98 Å². The Bertz CT molecular complexity index is 665. The van der Waals surface area contributed by atoms with E-state index in [-0.39, 0.29) is 23.1 Å². The molecule has 2 rings (SSSR count). The highest BCUT2D eigenvalue weighted by Crippen LogP contribution is 2.31. The molecule has 1 aromatic heterocycles. The molecule has 0 aliphatic heterocycles. The van der Waals surface area contributed by atoms with Gasteiger partial charge in [0, 0.05) is 23.9 Å². The fraction of sp³-hybridized carbons (Fsp3) is 0.143. The molecule has 0 saturated carbocycles. The van der Waals surface area contributed by atoms with Gasteiger partial charge in [-0.25, -0.2) is 4.98 Å². The fourth-order valence-corrected chi connectivity index (χ4v) is 1.62. The number of carbonyl (C=O) groups is 1. The highest BCUT2D eigenvalue weighted by Gasteiger charge is 2.16. The lowest BCUT2D eigenvalue weighted by Crippen LogP contribution is -1.97. The average molecular weight is 272 g/mol. The minimum Gasteiger partial charge on any atom is -0.432 e. The second-order valence-electron chi connectivity index (χ2n) is 4.27. The number of hydrogen-bond donors (Lipinski definition) is 0. The zero-order chi connectivity index (χ0) is 14.7. The van der Waals surface area contributed by atoms with Crippen molar-refractivity contribution >= 4 is 11.5 Å². The quantitative estimate of drug-likeness (QED) is 0.484. The first-order chi connectivity index (χ1) is 9.47. The van der Waals surface area contributed by atoms with Gasteiger partial charge in [0.05, 0.1) is 4.92 Å². The van der Waals surface area contributed by atoms with Crippen molar-refractivity contribution in [3.63, 3.8) is 0 Å². The normalized spacial score (nSPS) is 10.1. The third-order valence-electron chi connectivity index (χ3n) is 2.67. The molecule has 0 saturated heterocycles. The number of aromatic nitrogens is 1. The molecule has 0 amide bonds. The van der Waals surface area contributed by atoms with Crippen molar-refractivity contribution in [2.75, 3.05) is 0 Å². The molecule has 0 N–H and O–H groups in total. The van der Waals surface area contributed by atoms with Crippen LogP contribution in [0.1, 0.15) is 22.8 Å². The Morgan fingerprint density at radius 2 is 2.05 bits per heavy atom. The van der Waals surface area contributed by atoms with Gasteiger partial charge >= 0.3 is 5.69 Å². The van der Waals surface area contributed by atoms with E-state index >= 15 is 0 Å². The van der Waals surface area contributed by atoms with Crippen molar-refractivity contribution in [2.45, 2.75) is 13.8 Å². The summed E-state index contributed by atoms with van der Waals surface area (Å²) in [6, 6.07) is 7.73.